The first-order valence-corrected chi connectivity index (χ1v) is 16.2. The molecule has 6 rings (SSSR count). The lowest BCUT2D eigenvalue weighted by molar-refractivity contribution is -0.136. The highest BCUT2D eigenvalue weighted by atomic mass is 35.5. The Morgan fingerprint density at radius 2 is 1.70 bits per heavy atom. The van der Waals surface area contributed by atoms with Crippen LogP contribution in [-0.4, -0.2) is 83.5 Å². The van der Waals surface area contributed by atoms with Crippen molar-refractivity contribution < 1.29 is 14.0 Å². The van der Waals surface area contributed by atoms with Gasteiger partial charge >= 0.3 is 0 Å². The zero-order valence-electron chi connectivity index (χ0n) is 24.7. The van der Waals surface area contributed by atoms with E-state index in [0.29, 0.717) is 61.0 Å². The first-order valence-electron chi connectivity index (χ1n) is 15.9. The van der Waals surface area contributed by atoms with Gasteiger partial charge in [-0.2, -0.15) is 5.10 Å². The summed E-state index contributed by atoms with van der Waals surface area (Å²) in [5, 5.41) is 14.4. The Bertz CT molecular complexity index is 1310. The molecule has 4 aliphatic rings. The molecule has 2 saturated heterocycles. The Balaban J connectivity index is 1.21. The molecular weight excluding hydrogens is 573 g/mol. The highest BCUT2D eigenvalue weighted by molar-refractivity contribution is 6.34. The van der Waals surface area contributed by atoms with Crippen LogP contribution in [0, 0.1) is 5.92 Å². The molecule has 234 valence electrons. The third-order valence-electron chi connectivity index (χ3n) is 9.77. The van der Waals surface area contributed by atoms with Gasteiger partial charge in [-0.3, -0.25) is 14.6 Å². The van der Waals surface area contributed by atoms with E-state index >= 15 is 4.39 Å². The molecule has 13 heteroatoms. The number of alkyl halides is 1. The number of piperidine rings is 1. The number of fused-ring (bicyclic) bond motifs is 2. The van der Waals surface area contributed by atoms with Crippen molar-refractivity contribution in [1.29, 1.82) is 0 Å². The van der Waals surface area contributed by atoms with E-state index in [1.807, 2.05) is 4.90 Å². The number of rotatable bonds is 4. The van der Waals surface area contributed by atoms with Gasteiger partial charge < -0.3 is 31.5 Å². The zero-order valence-corrected chi connectivity index (χ0v) is 25.5. The highest BCUT2D eigenvalue weighted by Crippen LogP contribution is 2.44. The quantitative estimate of drug-likeness (QED) is 0.406. The number of carbonyl (C=O) groups excluding carboxylic acids is 2. The minimum absolute atomic E-state index is 0.0259. The van der Waals surface area contributed by atoms with Crippen molar-refractivity contribution in [1.82, 2.24) is 25.0 Å². The number of anilines is 4. The summed E-state index contributed by atoms with van der Waals surface area (Å²) in [5.41, 5.74) is 6.90. The van der Waals surface area contributed by atoms with Crippen molar-refractivity contribution in [3.63, 3.8) is 0 Å². The summed E-state index contributed by atoms with van der Waals surface area (Å²) in [5.74, 6) is 0.277. The third-order valence-corrected chi connectivity index (χ3v) is 10.0. The van der Waals surface area contributed by atoms with Gasteiger partial charge in [0.2, 0.25) is 5.91 Å². The van der Waals surface area contributed by atoms with Crippen molar-refractivity contribution in [3.8, 4) is 0 Å². The van der Waals surface area contributed by atoms with Crippen LogP contribution >= 0.6 is 11.6 Å². The second-order valence-corrected chi connectivity index (χ2v) is 12.8. The summed E-state index contributed by atoms with van der Waals surface area (Å²) in [6.07, 6.45) is 11.0. The molecule has 0 radical (unpaired) electrons. The number of aromatic nitrogens is 3. The van der Waals surface area contributed by atoms with Crippen molar-refractivity contribution in [2.75, 3.05) is 67.1 Å². The Hall–Kier alpha value is -3.12. The monoisotopic (exact) mass is 615 g/mol. The number of nitrogen functional groups attached to an aromatic ring is 1. The second kappa shape index (κ2) is 12.9. The molecule has 5 heterocycles. The number of pyridine rings is 1. The van der Waals surface area contributed by atoms with Gasteiger partial charge in [-0.1, -0.05) is 50.1 Å². The number of nitrogens with two attached hydrogens (primary N) is 1. The predicted molar refractivity (Wildman–Crippen MR) is 167 cm³/mol. The molecule has 2 amide bonds. The second-order valence-electron chi connectivity index (χ2n) is 12.4. The van der Waals surface area contributed by atoms with E-state index in [1.54, 1.807) is 17.1 Å². The molecule has 1 spiro atoms. The highest BCUT2D eigenvalue weighted by Gasteiger charge is 2.47. The van der Waals surface area contributed by atoms with Gasteiger partial charge in [0, 0.05) is 57.9 Å². The fourth-order valence-corrected chi connectivity index (χ4v) is 7.67. The van der Waals surface area contributed by atoms with Crippen molar-refractivity contribution >= 4 is 46.4 Å². The van der Waals surface area contributed by atoms with Gasteiger partial charge in [0.1, 0.15) is 17.6 Å². The number of halogens is 2. The maximum atomic E-state index is 15.7. The van der Waals surface area contributed by atoms with Gasteiger partial charge in [0.05, 0.1) is 28.1 Å². The number of piperazine rings is 1. The molecule has 0 bridgehead atoms. The third kappa shape index (κ3) is 5.87. The summed E-state index contributed by atoms with van der Waals surface area (Å²) in [4.78, 5) is 35.2. The minimum atomic E-state index is -1.13. The fraction of sp³-hybridized carbons (Fsp3) is 0.667. The van der Waals surface area contributed by atoms with Crippen LogP contribution in [0.2, 0.25) is 5.02 Å². The van der Waals surface area contributed by atoms with E-state index in [2.05, 4.69) is 30.9 Å². The van der Waals surface area contributed by atoms with E-state index in [0.717, 1.165) is 64.7 Å². The maximum absolute atomic E-state index is 15.7. The largest absolute Gasteiger partial charge is 0.381 e. The van der Waals surface area contributed by atoms with Gasteiger partial charge in [0.15, 0.2) is 5.82 Å². The van der Waals surface area contributed by atoms with Gasteiger partial charge in [-0.25, -0.2) is 9.07 Å². The van der Waals surface area contributed by atoms with Crippen LogP contribution in [0.5, 0.6) is 0 Å². The molecule has 2 aromatic heterocycles. The van der Waals surface area contributed by atoms with Crippen LogP contribution in [0.4, 0.5) is 27.4 Å². The average Bonchev–Trinajstić information content (AvgIpc) is 3.42. The molecule has 43 heavy (non-hydrogen) atoms. The summed E-state index contributed by atoms with van der Waals surface area (Å²) < 4.78 is 17.4. The van der Waals surface area contributed by atoms with E-state index in [9.17, 15) is 9.59 Å². The van der Waals surface area contributed by atoms with E-state index in [4.69, 9.17) is 17.3 Å². The number of hydrogen-bond donors (Lipinski definition) is 4. The molecule has 5 N–H and O–H groups in total. The molecule has 11 nitrogen and oxygen atoms in total. The topological polar surface area (TPSA) is 133 Å². The molecule has 1 aliphatic carbocycles. The fourth-order valence-electron chi connectivity index (χ4n) is 7.39. The van der Waals surface area contributed by atoms with Crippen LogP contribution in [0.1, 0.15) is 74.6 Å². The van der Waals surface area contributed by atoms with Gasteiger partial charge in [-0.05, 0) is 25.7 Å². The maximum Gasteiger partial charge on any atom is 0.263 e. The lowest BCUT2D eigenvalue weighted by atomic mass is 9.82. The molecule has 0 aromatic carbocycles. The summed E-state index contributed by atoms with van der Waals surface area (Å²) in [7, 11) is 0. The van der Waals surface area contributed by atoms with Crippen LogP contribution in [0.25, 0.3) is 0 Å². The van der Waals surface area contributed by atoms with Crippen LogP contribution in [0.15, 0.2) is 12.4 Å². The van der Waals surface area contributed by atoms with E-state index < -0.39 is 17.6 Å². The number of carbonyl (C=O) groups is 2. The molecule has 3 fully saturated rings. The van der Waals surface area contributed by atoms with Crippen molar-refractivity contribution in [3.05, 3.63) is 23.0 Å². The Kier molecular flexibility index (Phi) is 8.95. The number of nitrogens with zero attached hydrogens (tertiary/aromatic N) is 5. The van der Waals surface area contributed by atoms with E-state index in [-0.39, 0.29) is 29.8 Å². The standard InChI is InChI=1S/C30H43ClFN9O2/c31-21-17-35-18-22(25(21)39-13-7-20(8-14-39)29(43)40-15-11-34-12-16-40)37-28(42)24-26(33)38-41-27(24)36-19-23(32)30(41)9-5-3-1-2-4-6-10-30/h17-18,20,23,34,36H,1-16,19H2,(H2,33,38)(H,37,42). The van der Waals surface area contributed by atoms with Gasteiger partial charge in [-0.15, -0.1) is 0 Å². The summed E-state index contributed by atoms with van der Waals surface area (Å²) in [6.45, 7) is 4.51. The number of nitrogens with one attached hydrogen (secondary N) is 3. The Morgan fingerprint density at radius 1 is 1.02 bits per heavy atom. The molecule has 3 aliphatic heterocycles. The SMILES string of the molecule is Nc1nn2c(c1C(=O)Nc1cncc(Cl)c1N1CCC(C(=O)N3CCNCC3)CC1)NCC(F)C21CCCCCCCC1. The van der Waals surface area contributed by atoms with Gasteiger partial charge in [0.25, 0.3) is 5.91 Å². The Labute approximate surface area is 257 Å². The van der Waals surface area contributed by atoms with Crippen LogP contribution in [-0.2, 0) is 10.3 Å². The molecule has 1 saturated carbocycles. The van der Waals surface area contributed by atoms with Crippen LogP contribution in [0.3, 0.4) is 0 Å². The Morgan fingerprint density at radius 3 is 2.40 bits per heavy atom. The van der Waals surface area contributed by atoms with Crippen LogP contribution < -0.4 is 26.6 Å². The minimum Gasteiger partial charge on any atom is -0.381 e. The average molecular weight is 616 g/mol. The molecule has 1 unspecified atom stereocenters. The first kappa shape index (κ1) is 29.9. The summed E-state index contributed by atoms with van der Waals surface area (Å²) in [6, 6.07) is 0. The predicted octanol–water partition coefficient (Wildman–Crippen LogP) is 4.01. The molecule has 1 atom stereocenters. The number of hydrogen-bond acceptors (Lipinski definition) is 8. The zero-order chi connectivity index (χ0) is 30.0. The molecular formula is C30H43ClFN9O2. The first-order chi connectivity index (χ1) is 20.9. The normalized spacial score (nSPS) is 23.1. The lowest BCUT2D eigenvalue weighted by Gasteiger charge is -2.42. The van der Waals surface area contributed by atoms with E-state index in [1.165, 1.54) is 0 Å². The summed E-state index contributed by atoms with van der Waals surface area (Å²) >= 11 is 6.66. The molecule has 2 aromatic rings. The van der Waals surface area contributed by atoms with Crippen molar-refractivity contribution in [2.45, 2.75) is 75.9 Å². The lowest BCUT2D eigenvalue weighted by Crippen LogP contribution is -2.51. The number of amides is 2. The van der Waals surface area contributed by atoms with Crippen molar-refractivity contribution in [2.24, 2.45) is 5.92 Å². The smallest absolute Gasteiger partial charge is 0.263 e.